The van der Waals surface area contributed by atoms with Crippen molar-refractivity contribution in [3.05, 3.63) is 59.1 Å². The summed E-state index contributed by atoms with van der Waals surface area (Å²) >= 11 is 0. The summed E-state index contributed by atoms with van der Waals surface area (Å²) in [5.74, 6) is -1.74. The molecule has 5 aliphatic rings. The number of carbonyl (C=O) groups excluding carboxylic acids is 1. The van der Waals surface area contributed by atoms with E-state index >= 15 is 0 Å². The van der Waals surface area contributed by atoms with Crippen LogP contribution in [0.2, 0.25) is 0 Å². The zero-order chi connectivity index (χ0) is 30.6. The van der Waals surface area contributed by atoms with Crippen LogP contribution in [0.15, 0.2) is 41.3 Å². The maximum atomic E-state index is 13.5. The lowest BCUT2D eigenvalue weighted by atomic mass is 9.86. The molecule has 3 saturated heterocycles. The van der Waals surface area contributed by atoms with E-state index in [-0.39, 0.29) is 35.7 Å². The average Bonchev–Trinajstić information content (AvgIpc) is 3.66. The van der Waals surface area contributed by atoms with Crippen LogP contribution in [0.3, 0.4) is 0 Å². The summed E-state index contributed by atoms with van der Waals surface area (Å²) in [4.78, 5) is 33.3. The van der Waals surface area contributed by atoms with Crippen LogP contribution in [0.5, 0.6) is 0 Å². The third kappa shape index (κ3) is 5.16. The number of carbonyl (C=O) groups is 1. The smallest absolute Gasteiger partial charge is 0.367 e. The zero-order valence-corrected chi connectivity index (χ0v) is 24.5. The first-order chi connectivity index (χ1) is 21.1. The number of piperidine rings is 1. The highest BCUT2D eigenvalue weighted by atomic mass is 19.4. The number of hydrogen-bond acceptors (Lipinski definition) is 10. The summed E-state index contributed by atoms with van der Waals surface area (Å²) in [5, 5.41) is 8.02. The van der Waals surface area contributed by atoms with Gasteiger partial charge in [0.15, 0.2) is 0 Å². The Balaban J connectivity index is 0.987. The number of amides is 1. The molecule has 0 aromatic carbocycles. The zero-order valence-electron chi connectivity index (χ0n) is 24.5. The van der Waals surface area contributed by atoms with Gasteiger partial charge in [0, 0.05) is 69.7 Å². The van der Waals surface area contributed by atoms with Crippen LogP contribution in [-0.4, -0.2) is 117 Å². The van der Waals surface area contributed by atoms with Gasteiger partial charge in [-0.1, -0.05) is 0 Å². The number of hydrogen-bond donors (Lipinski definition) is 2. The Hall–Kier alpha value is -3.82. The van der Waals surface area contributed by atoms with Gasteiger partial charge in [0.1, 0.15) is 17.4 Å². The van der Waals surface area contributed by atoms with Crippen LogP contribution in [-0.2, 0) is 18.3 Å². The van der Waals surface area contributed by atoms with E-state index in [0.717, 1.165) is 49.4 Å². The van der Waals surface area contributed by atoms with Gasteiger partial charge in [-0.05, 0) is 50.7 Å². The Labute approximate surface area is 253 Å². The summed E-state index contributed by atoms with van der Waals surface area (Å²) in [5.41, 5.74) is 8.92. The van der Waals surface area contributed by atoms with E-state index in [2.05, 4.69) is 25.2 Å². The number of nitrogens with one attached hydrogen (secondary N) is 1. The van der Waals surface area contributed by atoms with E-state index in [0.29, 0.717) is 32.5 Å². The lowest BCUT2D eigenvalue weighted by Crippen LogP contribution is -2.69. The highest BCUT2D eigenvalue weighted by Crippen LogP contribution is 2.35. The van der Waals surface area contributed by atoms with Gasteiger partial charge in [-0.25, -0.2) is 15.0 Å². The van der Waals surface area contributed by atoms with Crippen molar-refractivity contribution in [3.8, 4) is 0 Å². The standard InChI is InChI=1S/C29H36F3N11O/c1-39-18-35-24(22-3-6-34-25(22)39)19-12-36-43(13-19)28(15-33)16-42(17-28)21-4-9-41(10-5-21)26(44)23-11-20(14-40-7-2-8-40)37-27(38-23)29(30,31)32/h3,6,11-13,18,21,25,34H,2,4-5,7-10,14-17,33H2,1H3. The van der Waals surface area contributed by atoms with Gasteiger partial charge in [-0.3, -0.25) is 19.3 Å². The molecule has 1 atom stereocenters. The van der Waals surface area contributed by atoms with Crippen molar-refractivity contribution in [3.63, 3.8) is 0 Å². The number of halogens is 3. The second kappa shape index (κ2) is 11.0. The van der Waals surface area contributed by atoms with E-state index in [9.17, 15) is 18.0 Å². The van der Waals surface area contributed by atoms with E-state index in [1.807, 2.05) is 52.5 Å². The fourth-order valence-electron chi connectivity index (χ4n) is 6.71. The van der Waals surface area contributed by atoms with Gasteiger partial charge in [0.25, 0.3) is 5.91 Å². The summed E-state index contributed by atoms with van der Waals surface area (Å²) < 4.78 is 42.6. The van der Waals surface area contributed by atoms with Crippen molar-refractivity contribution in [2.45, 2.75) is 49.7 Å². The Morgan fingerprint density at radius 1 is 1.16 bits per heavy atom. The third-order valence-electron chi connectivity index (χ3n) is 9.43. The van der Waals surface area contributed by atoms with E-state index in [1.54, 1.807) is 4.90 Å². The maximum absolute atomic E-state index is 13.5. The Kier molecular flexibility index (Phi) is 7.21. The first-order valence-corrected chi connectivity index (χ1v) is 15.0. The fraction of sp³-hybridized carbons (Fsp3) is 0.552. The quantitative estimate of drug-likeness (QED) is 0.477. The van der Waals surface area contributed by atoms with Crippen molar-refractivity contribution < 1.29 is 18.0 Å². The van der Waals surface area contributed by atoms with Crippen molar-refractivity contribution in [1.29, 1.82) is 0 Å². The summed E-state index contributed by atoms with van der Waals surface area (Å²) in [6, 6.07) is 1.66. The van der Waals surface area contributed by atoms with Crippen LogP contribution < -0.4 is 11.1 Å². The molecular formula is C29H36F3N11O. The van der Waals surface area contributed by atoms with Gasteiger partial charge < -0.3 is 20.9 Å². The van der Waals surface area contributed by atoms with Gasteiger partial charge in [0.2, 0.25) is 5.82 Å². The molecule has 0 aliphatic carbocycles. The number of likely N-dealkylation sites (N-methyl/N-ethyl adjacent to an activating group) is 1. The minimum absolute atomic E-state index is 0.0553. The lowest BCUT2D eigenvalue weighted by Gasteiger charge is -2.54. The largest absolute Gasteiger partial charge is 0.451 e. The molecule has 0 bridgehead atoms. The van der Waals surface area contributed by atoms with E-state index in [4.69, 9.17) is 10.8 Å². The van der Waals surface area contributed by atoms with Crippen molar-refractivity contribution >= 4 is 17.9 Å². The van der Waals surface area contributed by atoms with Crippen LogP contribution in [0.25, 0.3) is 5.70 Å². The number of aliphatic imine (C=N–C) groups is 1. The molecule has 2 aromatic rings. The summed E-state index contributed by atoms with van der Waals surface area (Å²) in [7, 11) is 1.98. The molecule has 3 N–H and O–H groups in total. The molecule has 0 radical (unpaired) electrons. The molecule has 0 spiro atoms. The first-order valence-electron chi connectivity index (χ1n) is 15.0. The van der Waals surface area contributed by atoms with Crippen molar-refractivity contribution in [2.24, 2.45) is 10.7 Å². The fourth-order valence-corrected chi connectivity index (χ4v) is 6.71. The number of aromatic nitrogens is 4. The van der Waals surface area contributed by atoms with Gasteiger partial charge >= 0.3 is 6.18 Å². The minimum Gasteiger partial charge on any atom is -0.367 e. The Bertz CT molecular complexity index is 1510. The number of rotatable bonds is 7. The maximum Gasteiger partial charge on any atom is 0.451 e. The van der Waals surface area contributed by atoms with Gasteiger partial charge in [0.05, 0.1) is 23.9 Å². The number of likely N-dealkylation sites (tertiary alicyclic amines) is 3. The topological polar surface area (TPSA) is 124 Å². The molecule has 2 aromatic heterocycles. The predicted molar refractivity (Wildman–Crippen MR) is 156 cm³/mol. The van der Waals surface area contributed by atoms with Crippen molar-refractivity contribution in [1.82, 2.24) is 44.7 Å². The second-order valence-electron chi connectivity index (χ2n) is 12.3. The molecule has 15 heteroatoms. The molecule has 3 fully saturated rings. The number of nitrogens with two attached hydrogens (primary N) is 1. The highest BCUT2D eigenvalue weighted by molar-refractivity contribution is 5.92. The molecular weight excluding hydrogens is 575 g/mol. The Morgan fingerprint density at radius 3 is 2.61 bits per heavy atom. The van der Waals surface area contributed by atoms with Crippen LogP contribution >= 0.6 is 0 Å². The normalized spacial score (nSPS) is 23.9. The van der Waals surface area contributed by atoms with Gasteiger partial charge in [-0.2, -0.15) is 18.3 Å². The molecule has 7 heterocycles. The van der Waals surface area contributed by atoms with Crippen LogP contribution in [0.4, 0.5) is 13.2 Å². The first kappa shape index (κ1) is 28.9. The second-order valence-corrected chi connectivity index (χ2v) is 12.3. The van der Waals surface area contributed by atoms with Crippen LogP contribution in [0.1, 0.15) is 46.8 Å². The molecule has 234 valence electrons. The summed E-state index contributed by atoms with van der Waals surface area (Å²) in [6.07, 6.45) is 7.41. The molecule has 1 unspecified atom stereocenters. The molecule has 12 nitrogen and oxygen atoms in total. The summed E-state index contributed by atoms with van der Waals surface area (Å²) in [6.45, 7) is 4.68. The molecule has 44 heavy (non-hydrogen) atoms. The minimum atomic E-state index is -4.72. The average molecular weight is 612 g/mol. The lowest BCUT2D eigenvalue weighted by molar-refractivity contribution is -0.145. The highest BCUT2D eigenvalue weighted by Gasteiger charge is 2.47. The molecule has 1 amide bonds. The SMILES string of the molecule is CN1C=NC(c2cnn(C3(CN)CN(C4CCN(C(=O)c5cc(CN6CCC6)nc(C(F)(F)F)n5)CC4)C3)c2)=C2C=CNC21. The van der Waals surface area contributed by atoms with Crippen molar-refractivity contribution in [2.75, 3.05) is 52.9 Å². The van der Waals surface area contributed by atoms with E-state index in [1.165, 1.54) is 6.07 Å². The van der Waals surface area contributed by atoms with E-state index < -0.39 is 17.9 Å². The Morgan fingerprint density at radius 2 is 1.93 bits per heavy atom. The molecule has 0 saturated carbocycles. The number of nitrogens with zero attached hydrogens (tertiary/aromatic N) is 9. The predicted octanol–water partition coefficient (Wildman–Crippen LogP) is 1.30. The number of fused-ring (bicyclic) bond motifs is 1. The molecule has 7 rings (SSSR count). The van der Waals surface area contributed by atoms with Gasteiger partial charge in [-0.15, -0.1) is 0 Å². The number of alkyl halides is 3. The van der Waals surface area contributed by atoms with Crippen LogP contribution in [0, 0.1) is 0 Å². The monoisotopic (exact) mass is 611 g/mol. The molecule has 5 aliphatic heterocycles. The third-order valence-corrected chi connectivity index (χ3v) is 9.43.